The van der Waals surface area contributed by atoms with Crippen molar-refractivity contribution < 1.29 is 9.53 Å². The highest BCUT2D eigenvalue weighted by Gasteiger charge is 2.41. The maximum absolute atomic E-state index is 12.3. The molecule has 3 heterocycles. The Hall–Kier alpha value is -0.610. The van der Waals surface area contributed by atoms with E-state index in [9.17, 15) is 4.79 Å². The van der Waals surface area contributed by atoms with Gasteiger partial charge in [-0.2, -0.15) is 0 Å². The van der Waals surface area contributed by atoms with Crippen LogP contribution in [0, 0.1) is 5.41 Å². The quantitative estimate of drug-likeness (QED) is 0.701. The van der Waals surface area contributed by atoms with E-state index < -0.39 is 0 Å². The van der Waals surface area contributed by atoms with E-state index in [1.165, 1.54) is 32.4 Å². The van der Waals surface area contributed by atoms with Gasteiger partial charge < -0.3 is 14.5 Å². The van der Waals surface area contributed by atoms with Crippen LogP contribution in [-0.4, -0.2) is 61.6 Å². The summed E-state index contributed by atoms with van der Waals surface area (Å²) >= 11 is 0. The maximum Gasteiger partial charge on any atom is 0.251 e. The van der Waals surface area contributed by atoms with Crippen LogP contribution in [0.2, 0.25) is 0 Å². The molecule has 3 fully saturated rings. The van der Waals surface area contributed by atoms with Crippen LogP contribution >= 0.6 is 0 Å². The van der Waals surface area contributed by atoms with Crippen LogP contribution in [0.3, 0.4) is 0 Å². The average molecular weight is 252 g/mol. The van der Waals surface area contributed by atoms with Crippen LogP contribution in [0.5, 0.6) is 0 Å². The minimum atomic E-state index is -0.134. The summed E-state index contributed by atoms with van der Waals surface area (Å²) in [5, 5.41) is 0. The average Bonchev–Trinajstić information content (AvgIpc) is 3.00. The van der Waals surface area contributed by atoms with Crippen LogP contribution < -0.4 is 0 Å². The first-order valence-electron chi connectivity index (χ1n) is 7.28. The van der Waals surface area contributed by atoms with E-state index in [1.54, 1.807) is 0 Å². The van der Waals surface area contributed by atoms with Crippen molar-refractivity contribution in [1.29, 1.82) is 0 Å². The van der Waals surface area contributed by atoms with E-state index in [4.69, 9.17) is 4.74 Å². The van der Waals surface area contributed by atoms with E-state index >= 15 is 0 Å². The fourth-order valence-corrected chi connectivity index (χ4v) is 3.74. The van der Waals surface area contributed by atoms with Crippen molar-refractivity contribution >= 4 is 5.91 Å². The molecule has 0 unspecified atom stereocenters. The predicted molar refractivity (Wildman–Crippen MR) is 69.3 cm³/mol. The molecule has 4 heteroatoms. The smallest absolute Gasteiger partial charge is 0.251 e. The van der Waals surface area contributed by atoms with Crippen LogP contribution in [0.1, 0.15) is 32.1 Å². The summed E-state index contributed by atoms with van der Waals surface area (Å²) in [4.78, 5) is 16.7. The van der Waals surface area contributed by atoms with E-state index in [0.29, 0.717) is 5.41 Å². The van der Waals surface area contributed by atoms with Gasteiger partial charge in [-0.15, -0.1) is 0 Å². The van der Waals surface area contributed by atoms with Gasteiger partial charge in [0, 0.05) is 26.2 Å². The second-order valence-corrected chi connectivity index (χ2v) is 6.31. The molecule has 0 aromatic carbocycles. The molecule has 0 aliphatic carbocycles. The SMILES string of the molecule is CN1CCC2(CCN(C(=O)[C@@H]3CCCO3)CC2)C1. The lowest BCUT2D eigenvalue weighted by molar-refractivity contribution is -0.143. The minimum Gasteiger partial charge on any atom is -0.368 e. The topological polar surface area (TPSA) is 32.8 Å². The zero-order valence-corrected chi connectivity index (χ0v) is 11.4. The Kier molecular flexibility index (Phi) is 3.32. The molecule has 4 nitrogen and oxygen atoms in total. The molecule has 0 bridgehead atoms. The lowest BCUT2D eigenvalue weighted by Gasteiger charge is -2.40. The Morgan fingerprint density at radius 3 is 2.50 bits per heavy atom. The van der Waals surface area contributed by atoms with Gasteiger partial charge >= 0.3 is 0 Å². The zero-order valence-electron chi connectivity index (χ0n) is 11.4. The molecule has 0 aromatic heterocycles. The summed E-state index contributed by atoms with van der Waals surface area (Å²) < 4.78 is 5.50. The van der Waals surface area contributed by atoms with Crippen molar-refractivity contribution in [3.63, 3.8) is 0 Å². The molecule has 0 saturated carbocycles. The van der Waals surface area contributed by atoms with Crippen molar-refractivity contribution in [2.24, 2.45) is 5.41 Å². The fourth-order valence-electron chi connectivity index (χ4n) is 3.74. The number of carbonyl (C=O) groups is 1. The first-order valence-corrected chi connectivity index (χ1v) is 7.28. The number of piperidine rings is 1. The monoisotopic (exact) mass is 252 g/mol. The number of amides is 1. The van der Waals surface area contributed by atoms with Crippen molar-refractivity contribution in [2.45, 2.75) is 38.2 Å². The summed E-state index contributed by atoms with van der Waals surface area (Å²) in [6.07, 6.45) is 5.49. The number of hydrogen-bond donors (Lipinski definition) is 0. The molecule has 3 aliphatic heterocycles. The van der Waals surface area contributed by atoms with Crippen LogP contribution in [-0.2, 0) is 9.53 Å². The van der Waals surface area contributed by atoms with Gasteiger partial charge in [-0.3, -0.25) is 4.79 Å². The molecule has 0 N–H and O–H groups in total. The molecule has 3 rings (SSSR count). The molecular formula is C14H24N2O2. The van der Waals surface area contributed by atoms with Crippen molar-refractivity contribution in [3.8, 4) is 0 Å². The molecule has 102 valence electrons. The van der Waals surface area contributed by atoms with Gasteiger partial charge in [0.1, 0.15) is 6.10 Å². The van der Waals surface area contributed by atoms with Crippen LogP contribution in [0.15, 0.2) is 0 Å². The lowest BCUT2D eigenvalue weighted by Crippen LogP contribution is -2.47. The lowest BCUT2D eigenvalue weighted by atomic mass is 9.77. The van der Waals surface area contributed by atoms with Crippen LogP contribution in [0.25, 0.3) is 0 Å². The number of hydrogen-bond acceptors (Lipinski definition) is 3. The van der Waals surface area contributed by atoms with Crippen molar-refractivity contribution in [3.05, 3.63) is 0 Å². The third kappa shape index (κ3) is 2.28. The standard InChI is InChI=1S/C14H24N2O2/c1-15-7-4-14(11-15)5-8-16(9-6-14)13(17)12-3-2-10-18-12/h12H,2-11H2,1H3/t12-/m0/s1. The van der Waals surface area contributed by atoms with Gasteiger partial charge in [0.25, 0.3) is 5.91 Å². The number of likely N-dealkylation sites (tertiary alicyclic amines) is 2. The predicted octanol–water partition coefficient (Wildman–Crippen LogP) is 1.11. The minimum absolute atomic E-state index is 0.134. The molecule has 3 aliphatic rings. The molecule has 18 heavy (non-hydrogen) atoms. The van der Waals surface area contributed by atoms with E-state index in [0.717, 1.165) is 32.5 Å². The first-order chi connectivity index (χ1) is 8.69. The molecule has 1 amide bonds. The Balaban J connectivity index is 1.55. The van der Waals surface area contributed by atoms with E-state index in [2.05, 4.69) is 11.9 Å². The number of ether oxygens (including phenoxy) is 1. The second-order valence-electron chi connectivity index (χ2n) is 6.31. The largest absolute Gasteiger partial charge is 0.368 e. The zero-order chi connectivity index (χ0) is 12.6. The Labute approximate surface area is 109 Å². The van der Waals surface area contributed by atoms with Gasteiger partial charge in [-0.1, -0.05) is 0 Å². The van der Waals surface area contributed by atoms with Crippen molar-refractivity contribution in [2.75, 3.05) is 39.8 Å². The first kappa shape index (κ1) is 12.4. The highest BCUT2D eigenvalue weighted by atomic mass is 16.5. The van der Waals surface area contributed by atoms with Gasteiger partial charge in [0.05, 0.1) is 0 Å². The number of rotatable bonds is 1. The Morgan fingerprint density at radius 1 is 1.22 bits per heavy atom. The van der Waals surface area contributed by atoms with Gasteiger partial charge in [-0.25, -0.2) is 0 Å². The molecule has 0 radical (unpaired) electrons. The number of nitrogens with zero attached hydrogens (tertiary/aromatic N) is 2. The highest BCUT2D eigenvalue weighted by Crippen LogP contribution is 2.40. The second kappa shape index (κ2) is 4.82. The number of carbonyl (C=O) groups excluding carboxylic acids is 1. The highest BCUT2D eigenvalue weighted by molar-refractivity contribution is 5.81. The fraction of sp³-hybridized carbons (Fsp3) is 0.929. The summed E-state index contributed by atoms with van der Waals surface area (Å²) in [5.74, 6) is 0.244. The summed E-state index contributed by atoms with van der Waals surface area (Å²) in [6, 6.07) is 0. The van der Waals surface area contributed by atoms with Gasteiger partial charge in [0.15, 0.2) is 0 Å². The Morgan fingerprint density at radius 2 is 1.94 bits per heavy atom. The summed E-state index contributed by atoms with van der Waals surface area (Å²) in [6.45, 7) is 5.08. The maximum atomic E-state index is 12.3. The molecule has 0 aromatic rings. The normalized spacial score (nSPS) is 32.3. The summed E-state index contributed by atoms with van der Waals surface area (Å²) in [7, 11) is 2.21. The molecule has 1 atom stereocenters. The van der Waals surface area contributed by atoms with Gasteiger partial charge in [-0.05, 0) is 51.1 Å². The summed E-state index contributed by atoms with van der Waals surface area (Å²) in [5.41, 5.74) is 0.502. The van der Waals surface area contributed by atoms with E-state index in [-0.39, 0.29) is 12.0 Å². The van der Waals surface area contributed by atoms with E-state index in [1.807, 2.05) is 4.90 Å². The molecular weight excluding hydrogens is 228 g/mol. The van der Waals surface area contributed by atoms with Crippen LogP contribution in [0.4, 0.5) is 0 Å². The van der Waals surface area contributed by atoms with Gasteiger partial charge in [0.2, 0.25) is 0 Å². The molecule has 3 saturated heterocycles. The molecule has 1 spiro atoms. The third-order valence-corrected chi connectivity index (χ3v) is 4.97. The Bertz CT molecular complexity index is 318. The third-order valence-electron chi connectivity index (χ3n) is 4.97. The van der Waals surface area contributed by atoms with Crippen molar-refractivity contribution in [1.82, 2.24) is 9.80 Å².